The molecule has 156 valence electrons. The Bertz CT molecular complexity index is 1130. The maximum Gasteiger partial charge on any atom is 0.305 e. The Morgan fingerprint density at radius 1 is 1.34 bits per heavy atom. The second kappa shape index (κ2) is 7.05. The predicted molar refractivity (Wildman–Crippen MR) is 116 cm³/mol. The second-order valence-electron chi connectivity index (χ2n) is 8.35. The highest BCUT2D eigenvalue weighted by atomic mass is 32.2. The summed E-state index contributed by atoms with van der Waals surface area (Å²) in [6.45, 7) is 2.18. The molecule has 0 radical (unpaired) electrons. The maximum atomic E-state index is 12.3. The Kier molecular flexibility index (Phi) is 4.93. The molecule has 7 nitrogen and oxygen atoms in total. The van der Waals surface area contributed by atoms with Crippen LogP contribution in [0.2, 0.25) is 0 Å². The molecule has 1 aromatic heterocycles. The van der Waals surface area contributed by atoms with Gasteiger partial charge in [0.2, 0.25) is 0 Å². The third-order valence-electron chi connectivity index (χ3n) is 6.03. The molecule has 1 unspecified atom stereocenters. The van der Waals surface area contributed by atoms with Crippen molar-refractivity contribution < 1.29 is 18.3 Å². The first-order chi connectivity index (χ1) is 13.6. The Morgan fingerprint density at radius 3 is 2.66 bits per heavy atom. The van der Waals surface area contributed by atoms with Gasteiger partial charge in [0.25, 0.3) is 0 Å². The fourth-order valence-electron chi connectivity index (χ4n) is 4.47. The number of carboxylic acid groups (broad SMARTS) is 1. The van der Waals surface area contributed by atoms with Gasteiger partial charge in [-0.25, -0.2) is 8.42 Å². The molecule has 1 saturated carbocycles. The van der Waals surface area contributed by atoms with Crippen LogP contribution in [0.15, 0.2) is 28.1 Å². The van der Waals surface area contributed by atoms with Crippen LogP contribution in [0, 0.1) is 0 Å². The maximum absolute atomic E-state index is 12.3. The molecular weight excluding hydrogens is 410 g/mol. The van der Waals surface area contributed by atoms with E-state index in [0.717, 1.165) is 42.1 Å². The average Bonchev–Trinajstić information content (AvgIpc) is 3.33. The molecule has 9 heteroatoms. The van der Waals surface area contributed by atoms with E-state index in [9.17, 15) is 13.2 Å². The van der Waals surface area contributed by atoms with Gasteiger partial charge in [0.15, 0.2) is 9.84 Å². The van der Waals surface area contributed by atoms with Gasteiger partial charge in [0.1, 0.15) is 5.04 Å². The lowest BCUT2D eigenvalue weighted by Gasteiger charge is -2.26. The van der Waals surface area contributed by atoms with Crippen LogP contribution < -0.4 is 5.84 Å². The third kappa shape index (κ3) is 3.66. The summed E-state index contributed by atoms with van der Waals surface area (Å²) >= 11 is 1.49. The van der Waals surface area contributed by atoms with E-state index in [2.05, 4.69) is 11.9 Å². The normalized spacial score (nSPS) is 21.6. The van der Waals surface area contributed by atoms with Gasteiger partial charge in [0, 0.05) is 17.4 Å². The Morgan fingerprint density at radius 2 is 2.03 bits per heavy atom. The molecule has 3 N–H and O–H groups in total. The minimum absolute atomic E-state index is 0.0111. The summed E-state index contributed by atoms with van der Waals surface area (Å²) in [6.07, 6.45) is 5.42. The molecule has 1 aliphatic carbocycles. The second-order valence-corrected chi connectivity index (χ2v) is 11.4. The zero-order chi connectivity index (χ0) is 21.0. The number of carboxylic acids is 1. The van der Waals surface area contributed by atoms with Crippen molar-refractivity contribution in [1.29, 1.82) is 0 Å². The van der Waals surface area contributed by atoms with Gasteiger partial charge in [-0.1, -0.05) is 19.8 Å². The Hall–Kier alpha value is -2.00. The number of nitrogens with zero attached hydrogens (tertiary/aromatic N) is 2. The molecule has 29 heavy (non-hydrogen) atoms. The number of nitrogens with two attached hydrogens (primary N) is 1. The number of benzene rings is 1. The number of aromatic nitrogens is 1. The van der Waals surface area contributed by atoms with Crippen LogP contribution >= 0.6 is 11.8 Å². The van der Waals surface area contributed by atoms with Crippen molar-refractivity contribution in [3.8, 4) is 0 Å². The van der Waals surface area contributed by atoms with E-state index in [1.54, 1.807) is 16.8 Å². The molecule has 4 rings (SSSR count). The lowest BCUT2D eigenvalue weighted by Crippen LogP contribution is -2.22. The molecular formula is C20H25N3O4S2. The van der Waals surface area contributed by atoms with Crippen LogP contribution in [0.1, 0.15) is 50.3 Å². The number of nitrogen functional groups attached to an aromatic ring is 1. The molecule has 1 aliphatic heterocycles. The fraction of sp³-hybridized carbons (Fsp3) is 0.500. The first kappa shape index (κ1) is 20.3. The molecule has 2 aromatic rings. The van der Waals surface area contributed by atoms with Crippen LogP contribution in [0.5, 0.6) is 0 Å². The van der Waals surface area contributed by atoms with E-state index in [1.807, 2.05) is 6.07 Å². The Labute approximate surface area is 174 Å². The molecule has 2 heterocycles. The first-order valence-electron chi connectivity index (χ1n) is 9.66. The van der Waals surface area contributed by atoms with Crippen molar-refractivity contribution in [2.24, 2.45) is 4.99 Å². The number of hydrogen-bond acceptors (Lipinski definition) is 6. The standard InChI is InChI=1S/C20H25N3O4S2/c1-20(5-3-4-6-20)15-10-14(29(2,26)27)7-12-8-16(23(21)18(12)15)19-22-13(11-28-19)9-17(24)25/h7-8,10,13H,3-6,9,11,21H2,1-2H3,(H,24,25). The predicted octanol–water partition coefficient (Wildman–Crippen LogP) is 2.93. The van der Waals surface area contributed by atoms with Crippen molar-refractivity contribution >= 4 is 43.5 Å². The number of hydrogen-bond donors (Lipinski definition) is 2. The minimum Gasteiger partial charge on any atom is -0.481 e. The van der Waals surface area contributed by atoms with E-state index >= 15 is 0 Å². The molecule has 1 atom stereocenters. The van der Waals surface area contributed by atoms with Crippen molar-refractivity contribution in [3.05, 3.63) is 29.5 Å². The number of fused-ring (bicyclic) bond motifs is 1. The summed E-state index contributed by atoms with van der Waals surface area (Å²) in [5, 5.41) is 10.5. The highest BCUT2D eigenvalue weighted by molar-refractivity contribution is 8.14. The van der Waals surface area contributed by atoms with Crippen molar-refractivity contribution in [2.45, 2.75) is 55.4 Å². The summed E-state index contributed by atoms with van der Waals surface area (Å²) in [4.78, 5) is 15.9. The van der Waals surface area contributed by atoms with Crippen molar-refractivity contribution in [2.75, 3.05) is 17.9 Å². The van der Waals surface area contributed by atoms with Crippen LogP contribution in [0.25, 0.3) is 10.9 Å². The van der Waals surface area contributed by atoms with Crippen LogP contribution in [0.4, 0.5) is 0 Å². The van der Waals surface area contributed by atoms with Crippen molar-refractivity contribution in [3.63, 3.8) is 0 Å². The number of aliphatic imine (C=N–C) groups is 1. The molecule has 0 spiro atoms. The SMILES string of the molecule is CC1(c2cc(S(C)(=O)=O)cc3cc(C4=NC(CC(=O)O)CS4)n(N)c23)CCCC1. The van der Waals surface area contributed by atoms with E-state index < -0.39 is 15.8 Å². The first-order valence-corrected chi connectivity index (χ1v) is 12.5. The van der Waals surface area contributed by atoms with Gasteiger partial charge in [-0.15, -0.1) is 11.8 Å². The quantitative estimate of drug-likeness (QED) is 0.698. The van der Waals surface area contributed by atoms with E-state index in [4.69, 9.17) is 10.9 Å². The van der Waals surface area contributed by atoms with Gasteiger partial charge in [-0.3, -0.25) is 14.5 Å². The van der Waals surface area contributed by atoms with E-state index in [1.165, 1.54) is 18.0 Å². The molecule has 0 amide bonds. The van der Waals surface area contributed by atoms with Gasteiger partial charge in [0.05, 0.1) is 28.6 Å². The lowest BCUT2D eigenvalue weighted by molar-refractivity contribution is -0.137. The summed E-state index contributed by atoms with van der Waals surface area (Å²) in [5.74, 6) is 6.24. The number of aliphatic carboxylic acids is 1. The van der Waals surface area contributed by atoms with Crippen LogP contribution in [0.3, 0.4) is 0 Å². The number of thioether (sulfide) groups is 1. The van der Waals surface area contributed by atoms with Gasteiger partial charge < -0.3 is 10.9 Å². The number of sulfone groups is 1. The zero-order valence-corrected chi connectivity index (χ0v) is 18.1. The smallest absolute Gasteiger partial charge is 0.305 e. The largest absolute Gasteiger partial charge is 0.481 e. The molecule has 1 aromatic carbocycles. The van der Waals surface area contributed by atoms with Gasteiger partial charge >= 0.3 is 5.97 Å². The summed E-state index contributed by atoms with van der Waals surface area (Å²) in [7, 11) is -3.37. The fourth-order valence-corrected chi connectivity index (χ4v) is 6.22. The highest BCUT2D eigenvalue weighted by Gasteiger charge is 2.35. The average molecular weight is 436 g/mol. The minimum atomic E-state index is -3.37. The van der Waals surface area contributed by atoms with E-state index in [0.29, 0.717) is 21.4 Å². The Balaban J connectivity index is 1.90. The molecule has 2 aliphatic rings. The van der Waals surface area contributed by atoms with Gasteiger partial charge in [-0.05, 0) is 42.0 Å². The monoisotopic (exact) mass is 435 g/mol. The lowest BCUT2D eigenvalue weighted by atomic mass is 9.80. The van der Waals surface area contributed by atoms with Crippen molar-refractivity contribution in [1.82, 2.24) is 4.68 Å². The molecule has 0 saturated heterocycles. The summed E-state index contributed by atoms with van der Waals surface area (Å²) in [6, 6.07) is 5.06. The number of carbonyl (C=O) groups is 1. The van der Waals surface area contributed by atoms with Crippen LogP contribution in [-0.2, 0) is 20.0 Å². The third-order valence-corrected chi connectivity index (χ3v) is 8.26. The number of rotatable bonds is 5. The summed E-state index contributed by atoms with van der Waals surface area (Å²) in [5.41, 5.74) is 2.38. The summed E-state index contributed by atoms with van der Waals surface area (Å²) < 4.78 is 26.2. The molecule has 1 fully saturated rings. The topological polar surface area (TPSA) is 115 Å². The molecule has 0 bridgehead atoms. The van der Waals surface area contributed by atoms with E-state index in [-0.39, 0.29) is 17.9 Å². The van der Waals surface area contributed by atoms with Crippen LogP contribution in [-0.4, -0.2) is 47.3 Å². The highest BCUT2D eigenvalue weighted by Crippen LogP contribution is 2.45. The zero-order valence-electron chi connectivity index (χ0n) is 16.5. The van der Waals surface area contributed by atoms with Gasteiger partial charge in [-0.2, -0.15) is 0 Å².